The molecular weight excluding hydrogens is 378 g/mol. The monoisotopic (exact) mass is 407 g/mol. The molecule has 0 saturated heterocycles. The summed E-state index contributed by atoms with van der Waals surface area (Å²) in [6, 6.07) is 21.5. The summed E-state index contributed by atoms with van der Waals surface area (Å²) in [4.78, 5) is 4.62. The molecule has 158 valence electrons. The third-order valence-electron chi connectivity index (χ3n) is 4.56. The molecule has 30 heavy (non-hydrogen) atoms. The molecule has 0 aliphatic heterocycles. The fourth-order valence-corrected chi connectivity index (χ4v) is 2.91. The fourth-order valence-electron chi connectivity index (χ4n) is 2.91. The highest BCUT2D eigenvalue weighted by Gasteiger charge is 2.26. The van der Waals surface area contributed by atoms with Crippen molar-refractivity contribution in [3.05, 3.63) is 89.9 Å². The molecule has 2 aromatic carbocycles. The quantitative estimate of drug-likeness (QED) is 0.371. The van der Waals surface area contributed by atoms with E-state index < -0.39 is 5.60 Å². The standard InChI is InChI=1S/C24H29N3O3/c1-3-25-23(27-18-24(2,28)22-13-8-14-29-22)26-16-20-11-7-12-21(15-20)30-17-19-9-5-4-6-10-19/h4-15,28H,3,16-18H2,1-2H3,(H2,25,26,27). The number of hydrogen-bond acceptors (Lipinski definition) is 4. The van der Waals surface area contributed by atoms with Crippen LogP contribution in [0.2, 0.25) is 0 Å². The molecule has 3 N–H and O–H groups in total. The molecule has 0 spiro atoms. The van der Waals surface area contributed by atoms with Gasteiger partial charge in [-0.15, -0.1) is 0 Å². The predicted molar refractivity (Wildman–Crippen MR) is 118 cm³/mol. The summed E-state index contributed by atoms with van der Waals surface area (Å²) in [6.45, 7) is 5.71. The SMILES string of the molecule is CCNC(=NCc1cccc(OCc2ccccc2)c1)NCC(C)(O)c1ccco1. The second kappa shape index (κ2) is 10.5. The lowest BCUT2D eigenvalue weighted by molar-refractivity contribution is 0.0386. The zero-order valence-corrected chi connectivity index (χ0v) is 17.5. The number of aliphatic hydroxyl groups is 1. The number of ether oxygens (including phenoxy) is 1. The summed E-state index contributed by atoms with van der Waals surface area (Å²) in [5.74, 6) is 1.94. The van der Waals surface area contributed by atoms with Crippen LogP contribution in [0.1, 0.15) is 30.7 Å². The van der Waals surface area contributed by atoms with Crippen molar-refractivity contribution in [3.63, 3.8) is 0 Å². The van der Waals surface area contributed by atoms with Crippen LogP contribution in [-0.4, -0.2) is 24.2 Å². The maximum Gasteiger partial charge on any atom is 0.191 e. The Morgan fingerprint density at radius 1 is 1.03 bits per heavy atom. The topological polar surface area (TPSA) is 79.0 Å². The minimum absolute atomic E-state index is 0.270. The van der Waals surface area contributed by atoms with Crippen LogP contribution in [0.3, 0.4) is 0 Å². The van der Waals surface area contributed by atoms with Crippen molar-refractivity contribution in [1.29, 1.82) is 0 Å². The second-order valence-electron chi connectivity index (χ2n) is 7.22. The molecule has 0 amide bonds. The molecule has 0 radical (unpaired) electrons. The van der Waals surface area contributed by atoms with E-state index in [1.807, 2.05) is 61.5 Å². The van der Waals surface area contributed by atoms with E-state index in [2.05, 4.69) is 15.6 Å². The number of benzene rings is 2. The Labute approximate surface area is 177 Å². The lowest BCUT2D eigenvalue weighted by Crippen LogP contribution is -2.44. The van der Waals surface area contributed by atoms with E-state index in [0.29, 0.717) is 24.9 Å². The van der Waals surface area contributed by atoms with Crippen LogP contribution in [0, 0.1) is 0 Å². The minimum atomic E-state index is -1.13. The Morgan fingerprint density at radius 2 is 1.83 bits per heavy atom. The van der Waals surface area contributed by atoms with Gasteiger partial charge in [0, 0.05) is 6.54 Å². The van der Waals surface area contributed by atoms with Gasteiger partial charge in [-0.3, -0.25) is 0 Å². The van der Waals surface area contributed by atoms with Gasteiger partial charge in [0.05, 0.1) is 19.4 Å². The molecule has 6 heteroatoms. The largest absolute Gasteiger partial charge is 0.489 e. The van der Waals surface area contributed by atoms with Crippen molar-refractivity contribution in [2.24, 2.45) is 4.99 Å². The van der Waals surface area contributed by atoms with Gasteiger partial charge in [0.25, 0.3) is 0 Å². The number of nitrogens with zero attached hydrogens (tertiary/aromatic N) is 1. The molecule has 0 bridgehead atoms. The van der Waals surface area contributed by atoms with Gasteiger partial charge < -0.3 is 24.9 Å². The Morgan fingerprint density at radius 3 is 2.57 bits per heavy atom. The van der Waals surface area contributed by atoms with Gasteiger partial charge in [-0.1, -0.05) is 42.5 Å². The number of aliphatic imine (C=N–C) groups is 1. The van der Waals surface area contributed by atoms with Crippen molar-refractivity contribution >= 4 is 5.96 Å². The Bertz CT molecular complexity index is 922. The maximum absolute atomic E-state index is 10.6. The van der Waals surface area contributed by atoms with Crippen molar-refractivity contribution < 1.29 is 14.3 Å². The minimum Gasteiger partial charge on any atom is -0.489 e. The summed E-state index contributed by atoms with van der Waals surface area (Å²) < 4.78 is 11.2. The van der Waals surface area contributed by atoms with Gasteiger partial charge in [-0.05, 0) is 49.2 Å². The van der Waals surface area contributed by atoms with E-state index >= 15 is 0 Å². The molecule has 1 aromatic heterocycles. The zero-order valence-electron chi connectivity index (χ0n) is 17.5. The fraction of sp³-hybridized carbons (Fsp3) is 0.292. The maximum atomic E-state index is 10.6. The first-order valence-corrected chi connectivity index (χ1v) is 10.1. The van der Waals surface area contributed by atoms with Gasteiger partial charge in [0.2, 0.25) is 0 Å². The summed E-state index contributed by atoms with van der Waals surface area (Å²) in [5, 5.41) is 17.0. The third-order valence-corrected chi connectivity index (χ3v) is 4.56. The van der Waals surface area contributed by atoms with Crippen LogP contribution >= 0.6 is 0 Å². The normalized spacial score (nSPS) is 13.5. The molecule has 1 atom stereocenters. The van der Waals surface area contributed by atoms with E-state index in [4.69, 9.17) is 9.15 Å². The van der Waals surface area contributed by atoms with Crippen molar-refractivity contribution in [2.45, 2.75) is 32.6 Å². The van der Waals surface area contributed by atoms with Crippen LogP contribution in [0.15, 0.2) is 82.4 Å². The number of rotatable bonds is 9. The van der Waals surface area contributed by atoms with Crippen molar-refractivity contribution in [3.8, 4) is 5.75 Å². The van der Waals surface area contributed by atoms with Gasteiger partial charge in [0.1, 0.15) is 23.7 Å². The molecule has 0 fully saturated rings. The first-order valence-electron chi connectivity index (χ1n) is 10.1. The lowest BCUT2D eigenvalue weighted by Gasteiger charge is -2.22. The van der Waals surface area contributed by atoms with Gasteiger partial charge in [0.15, 0.2) is 5.96 Å². The first kappa shape index (κ1) is 21.5. The summed E-state index contributed by atoms with van der Waals surface area (Å²) in [6.07, 6.45) is 1.55. The highest BCUT2D eigenvalue weighted by atomic mass is 16.5. The molecule has 3 aromatic rings. The van der Waals surface area contributed by atoms with Crippen LogP contribution in [0.5, 0.6) is 5.75 Å². The average Bonchev–Trinajstić information content (AvgIpc) is 3.31. The number of nitrogens with one attached hydrogen (secondary N) is 2. The number of guanidine groups is 1. The van der Waals surface area contributed by atoms with Gasteiger partial charge in [-0.25, -0.2) is 4.99 Å². The van der Waals surface area contributed by atoms with Crippen LogP contribution < -0.4 is 15.4 Å². The first-order chi connectivity index (χ1) is 14.6. The van der Waals surface area contributed by atoms with Crippen molar-refractivity contribution in [2.75, 3.05) is 13.1 Å². The van der Waals surface area contributed by atoms with E-state index in [-0.39, 0.29) is 6.54 Å². The highest BCUT2D eigenvalue weighted by Crippen LogP contribution is 2.20. The van der Waals surface area contributed by atoms with Crippen molar-refractivity contribution in [1.82, 2.24) is 10.6 Å². The van der Waals surface area contributed by atoms with E-state index in [9.17, 15) is 5.11 Å². The molecule has 6 nitrogen and oxygen atoms in total. The molecule has 0 aliphatic rings. The van der Waals surface area contributed by atoms with Gasteiger partial charge >= 0.3 is 0 Å². The molecule has 0 aliphatic carbocycles. The predicted octanol–water partition coefficient (Wildman–Crippen LogP) is 3.82. The summed E-state index contributed by atoms with van der Waals surface area (Å²) in [7, 11) is 0. The second-order valence-corrected chi connectivity index (χ2v) is 7.22. The van der Waals surface area contributed by atoms with Gasteiger partial charge in [-0.2, -0.15) is 0 Å². The van der Waals surface area contributed by atoms with E-state index in [0.717, 1.165) is 23.4 Å². The van der Waals surface area contributed by atoms with Crippen LogP contribution in [0.25, 0.3) is 0 Å². The summed E-state index contributed by atoms with van der Waals surface area (Å²) in [5.41, 5.74) is 1.03. The Balaban J connectivity index is 1.58. The summed E-state index contributed by atoms with van der Waals surface area (Å²) >= 11 is 0. The number of hydrogen-bond donors (Lipinski definition) is 3. The molecule has 0 saturated carbocycles. The van der Waals surface area contributed by atoms with Crippen LogP contribution in [-0.2, 0) is 18.8 Å². The molecule has 3 rings (SSSR count). The zero-order chi connectivity index (χ0) is 21.2. The van der Waals surface area contributed by atoms with E-state index in [1.54, 1.807) is 25.3 Å². The average molecular weight is 408 g/mol. The van der Waals surface area contributed by atoms with E-state index in [1.165, 1.54) is 0 Å². The highest BCUT2D eigenvalue weighted by molar-refractivity contribution is 5.79. The molecule has 1 unspecified atom stereocenters. The molecule has 1 heterocycles. The Kier molecular flexibility index (Phi) is 7.51. The number of furan rings is 1. The molecular formula is C24H29N3O3. The van der Waals surface area contributed by atoms with Crippen LogP contribution in [0.4, 0.5) is 0 Å². The smallest absolute Gasteiger partial charge is 0.191 e. The third kappa shape index (κ3) is 6.39. The Hall–Kier alpha value is -3.25. The lowest BCUT2D eigenvalue weighted by atomic mass is 10.0.